The number of hydrogen-bond acceptors (Lipinski definition) is 5. The van der Waals surface area contributed by atoms with E-state index in [1.165, 1.54) is 17.7 Å². The third-order valence-corrected chi connectivity index (χ3v) is 3.63. The second kappa shape index (κ2) is 5.61. The van der Waals surface area contributed by atoms with Gasteiger partial charge in [-0.2, -0.15) is 0 Å². The Kier molecular flexibility index (Phi) is 4.15. The van der Waals surface area contributed by atoms with Gasteiger partial charge in [-0.25, -0.2) is 4.98 Å². The Balaban J connectivity index is 1.77. The van der Waals surface area contributed by atoms with Gasteiger partial charge in [-0.1, -0.05) is 0 Å². The van der Waals surface area contributed by atoms with Crippen LogP contribution in [0.2, 0.25) is 0 Å². The third-order valence-electron chi connectivity index (χ3n) is 2.82. The lowest BCUT2D eigenvalue weighted by Gasteiger charge is -2.26. The number of ether oxygens (including phenoxy) is 1. The second-order valence-corrected chi connectivity index (χ2v) is 5.59. The van der Waals surface area contributed by atoms with Gasteiger partial charge in [0.25, 0.3) is 0 Å². The summed E-state index contributed by atoms with van der Waals surface area (Å²) in [6, 6.07) is 0. The number of thiazole rings is 1. The van der Waals surface area contributed by atoms with Crippen LogP contribution in [0.3, 0.4) is 0 Å². The van der Waals surface area contributed by atoms with Crippen molar-refractivity contribution < 1.29 is 4.74 Å². The summed E-state index contributed by atoms with van der Waals surface area (Å²) < 4.78 is 5.48. The predicted molar refractivity (Wildman–Crippen MR) is 66.4 cm³/mol. The molecule has 0 aromatic carbocycles. The molecule has 2 N–H and O–H groups in total. The van der Waals surface area contributed by atoms with Crippen LogP contribution in [0.1, 0.15) is 17.7 Å². The summed E-state index contributed by atoms with van der Waals surface area (Å²) in [6.45, 7) is 3.88. The zero-order valence-electron chi connectivity index (χ0n) is 9.69. The van der Waals surface area contributed by atoms with Gasteiger partial charge in [-0.05, 0) is 25.8 Å². The summed E-state index contributed by atoms with van der Waals surface area (Å²) in [5.74, 6) is 0.684. The second-order valence-electron chi connectivity index (χ2n) is 4.44. The molecule has 1 aliphatic rings. The van der Waals surface area contributed by atoms with Crippen LogP contribution in [0.5, 0.6) is 0 Å². The third kappa shape index (κ3) is 3.43. The number of rotatable bonds is 4. The van der Waals surface area contributed by atoms with E-state index in [0.29, 0.717) is 11.0 Å². The number of anilines is 1. The van der Waals surface area contributed by atoms with Gasteiger partial charge >= 0.3 is 0 Å². The molecule has 16 heavy (non-hydrogen) atoms. The minimum Gasteiger partial charge on any atom is -0.381 e. The largest absolute Gasteiger partial charge is 0.381 e. The van der Waals surface area contributed by atoms with Gasteiger partial charge < -0.3 is 15.4 Å². The lowest BCUT2D eigenvalue weighted by atomic mass is 10.0. The molecule has 4 nitrogen and oxygen atoms in total. The fraction of sp³-hybridized carbons (Fsp3) is 0.727. The highest BCUT2D eigenvalue weighted by Crippen LogP contribution is 2.18. The number of nitrogen functional groups attached to an aromatic ring is 1. The Morgan fingerprint density at radius 1 is 1.69 bits per heavy atom. The highest BCUT2D eigenvalue weighted by molar-refractivity contribution is 7.15. The minimum atomic E-state index is 0.657. The molecule has 90 valence electrons. The Bertz CT molecular complexity index is 323. The minimum absolute atomic E-state index is 0.657. The molecule has 2 heterocycles. The highest BCUT2D eigenvalue weighted by atomic mass is 32.1. The number of aromatic nitrogens is 1. The Morgan fingerprint density at radius 3 is 3.19 bits per heavy atom. The van der Waals surface area contributed by atoms with Crippen LogP contribution < -0.4 is 5.73 Å². The number of nitrogens with zero attached hydrogens (tertiary/aromatic N) is 2. The fourth-order valence-electron chi connectivity index (χ4n) is 2.12. The highest BCUT2D eigenvalue weighted by Gasteiger charge is 2.16. The van der Waals surface area contributed by atoms with Crippen LogP contribution in [0.25, 0.3) is 0 Å². The normalized spacial score (nSPS) is 21.5. The molecule has 1 aliphatic heterocycles. The maximum absolute atomic E-state index is 5.61. The molecule has 1 fully saturated rings. The van der Waals surface area contributed by atoms with Crippen molar-refractivity contribution >= 4 is 16.5 Å². The van der Waals surface area contributed by atoms with Crippen LogP contribution >= 0.6 is 11.3 Å². The fourth-order valence-corrected chi connectivity index (χ4v) is 2.88. The molecule has 0 aliphatic carbocycles. The van der Waals surface area contributed by atoms with Crippen LogP contribution in [0.4, 0.5) is 5.13 Å². The Labute approximate surface area is 100 Å². The molecule has 1 aromatic heterocycles. The smallest absolute Gasteiger partial charge is 0.180 e. The summed E-state index contributed by atoms with van der Waals surface area (Å²) in [5, 5.41) is 0.657. The van der Waals surface area contributed by atoms with Gasteiger partial charge in [0.2, 0.25) is 0 Å². The molecule has 1 atom stereocenters. The van der Waals surface area contributed by atoms with Gasteiger partial charge in [-0.3, -0.25) is 0 Å². The first-order valence-electron chi connectivity index (χ1n) is 5.70. The Morgan fingerprint density at radius 2 is 2.56 bits per heavy atom. The van der Waals surface area contributed by atoms with Gasteiger partial charge in [0.05, 0.1) is 6.61 Å². The first-order valence-corrected chi connectivity index (χ1v) is 6.52. The lowest BCUT2D eigenvalue weighted by Crippen LogP contribution is -2.30. The van der Waals surface area contributed by atoms with Gasteiger partial charge in [0.15, 0.2) is 5.13 Å². The van der Waals surface area contributed by atoms with Crippen LogP contribution in [-0.2, 0) is 11.3 Å². The summed E-state index contributed by atoms with van der Waals surface area (Å²) in [5.41, 5.74) is 5.61. The van der Waals surface area contributed by atoms with E-state index < -0.39 is 0 Å². The van der Waals surface area contributed by atoms with Crippen molar-refractivity contribution in [3.05, 3.63) is 11.1 Å². The molecular formula is C11H19N3OS. The zero-order chi connectivity index (χ0) is 11.4. The predicted octanol–water partition coefficient (Wildman–Crippen LogP) is 1.58. The average molecular weight is 241 g/mol. The molecule has 0 spiro atoms. The molecule has 0 amide bonds. The maximum Gasteiger partial charge on any atom is 0.180 e. The zero-order valence-corrected chi connectivity index (χ0v) is 10.5. The van der Waals surface area contributed by atoms with E-state index in [1.807, 2.05) is 6.20 Å². The van der Waals surface area contributed by atoms with Gasteiger partial charge in [0.1, 0.15) is 0 Å². The lowest BCUT2D eigenvalue weighted by molar-refractivity contribution is 0.0412. The van der Waals surface area contributed by atoms with E-state index in [-0.39, 0.29) is 0 Å². The molecule has 2 rings (SSSR count). The van der Waals surface area contributed by atoms with E-state index >= 15 is 0 Å². The number of hydrogen-bond donors (Lipinski definition) is 1. The van der Waals surface area contributed by atoms with Crippen LogP contribution in [-0.4, -0.2) is 36.7 Å². The van der Waals surface area contributed by atoms with Crippen molar-refractivity contribution in [2.45, 2.75) is 19.4 Å². The monoisotopic (exact) mass is 241 g/mol. The summed E-state index contributed by atoms with van der Waals surface area (Å²) in [7, 11) is 2.14. The van der Waals surface area contributed by atoms with Gasteiger partial charge in [-0.15, -0.1) is 11.3 Å². The topological polar surface area (TPSA) is 51.4 Å². The molecule has 5 heteroatoms. The van der Waals surface area contributed by atoms with Crippen molar-refractivity contribution in [2.24, 2.45) is 5.92 Å². The van der Waals surface area contributed by atoms with Crippen molar-refractivity contribution in [1.82, 2.24) is 9.88 Å². The standard InChI is InChI=1S/C11H19N3OS/c1-14(6-9-3-2-4-15-8-9)7-10-5-13-11(12)16-10/h5,9H,2-4,6-8H2,1H3,(H2,12,13). The summed E-state index contributed by atoms with van der Waals surface area (Å²) in [4.78, 5) is 7.62. The molecule has 1 saturated heterocycles. The van der Waals surface area contributed by atoms with Crippen molar-refractivity contribution in [2.75, 3.05) is 32.5 Å². The van der Waals surface area contributed by atoms with Crippen molar-refractivity contribution in [3.63, 3.8) is 0 Å². The Hall–Kier alpha value is -0.650. The van der Waals surface area contributed by atoms with E-state index in [2.05, 4.69) is 16.9 Å². The van der Waals surface area contributed by atoms with E-state index in [0.717, 1.165) is 26.3 Å². The van der Waals surface area contributed by atoms with Gasteiger partial charge in [0, 0.05) is 30.8 Å². The molecular weight excluding hydrogens is 222 g/mol. The van der Waals surface area contributed by atoms with Crippen molar-refractivity contribution in [1.29, 1.82) is 0 Å². The molecule has 0 saturated carbocycles. The summed E-state index contributed by atoms with van der Waals surface area (Å²) in [6.07, 6.45) is 4.36. The quantitative estimate of drug-likeness (QED) is 0.869. The maximum atomic E-state index is 5.61. The van der Waals surface area contributed by atoms with Crippen LogP contribution in [0.15, 0.2) is 6.20 Å². The SMILES string of the molecule is CN(Cc1cnc(N)s1)CC1CCCOC1. The van der Waals surface area contributed by atoms with E-state index in [9.17, 15) is 0 Å². The average Bonchev–Trinajstić information content (AvgIpc) is 2.65. The molecule has 1 unspecified atom stereocenters. The number of nitrogens with two attached hydrogens (primary N) is 1. The first kappa shape index (κ1) is 11.8. The van der Waals surface area contributed by atoms with Crippen molar-refractivity contribution in [3.8, 4) is 0 Å². The summed E-state index contributed by atoms with van der Waals surface area (Å²) >= 11 is 1.57. The first-order chi connectivity index (χ1) is 7.74. The van der Waals surface area contributed by atoms with Crippen LogP contribution in [0, 0.1) is 5.92 Å². The molecule has 0 radical (unpaired) electrons. The molecule has 0 bridgehead atoms. The molecule has 1 aromatic rings. The van der Waals surface area contributed by atoms with E-state index in [1.54, 1.807) is 11.3 Å². The van der Waals surface area contributed by atoms with E-state index in [4.69, 9.17) is 10.5 Å².